The van der Waals surface area contributed by atoms with E-state index in [1.807, 2.05) is 26.1 Å². The third-order valence-electron chi connectivity index (χ3n) is 6.03. The minimum absolute atomic E-state index is 0.265. The van der Waals surface area contributed by atoms with Gasteiger partial charge in [-0.05, 0) is 51.9 Å². The Labute approximate surface area is 177 Å². The van der Waals surface area contributed by atoms with Gasteiger partial charge >= 0.3 is 0 Å². The summed E-state index contributed by atoms with van der Waals surface area (Å²) in [4.78, 5) is 29.8. The van der Waals surface area contributed by atoms with Crippen molar-refractivity contribution in [2.75, 3.05) is 18.4 Å². The van der Waals surface area contributed by atoms with Gasteiger partial charge in [-0.25, -0.2) is 15.0 Å². The summed E-state index contributed by atoms with van der Waals surface area (Å²) >= 11 is 1.62. The number of hydrogen-bond donors (Lipinski definition) is 1. The van der Waals surface area contributed by atoms with E-state index in [1.54, 1.807) is 11.3 Å². The second-order valence-corrected chi connectivity index (χ2v) is 9.76. The number of rotatable bonds is 5. The number of piperidine rings is 1. The van der Waals surface area contributed by atoms with Crippen molar-refractivity contribution in [3.05, 3.63) is 28.7 Å². The second-order valence-electron chi connectivity index (χ2n) is 8.52. The van der Waals surface area contributed by atoms with Gasteiger partial charge in [0.1, 0.15) is 11.6 Å². The number of nitrogens with zero attached hydrogens (tertiary/aromatic N) is 4. The van der Waals surface area contributed by atoms with Gasteiger partial charge in [-0.15, -0.1) is 11.3 Å². The smallest absolute Gasteiger partial charge is 0.225 e. The molecule has 2 aromatic rings. The summed E-state index contributed by atoms with van der Waals surface area (Å²) < 4.78 is 0. The highest BCUT2D eigenvalue weighted by Crippen LogP contribution is 2.29. The van der Waals surface area contributed by atoms with Gasteiger partial charge in [-0.1, -0.05) is 19.3 Å². The van der Waals surface area contributed by atoms with Crippen molar-refractivity contribution in [3.8, 4) is 0 Å². The van der Waals surface area contributed by atoms with Crippen molar-refractivity contribution >= 4 is 28.2 Å². The number of hydrogen-bond acceptors (Lipinski definition) is 6. The number of anilines is 2. The molecule has 1 unspecified atom stereocenters. The van der Waals surface area contributed by atoms with Crippen LogP contribution in [0.25, 0.3) is 0 Å². The number of thiazole rings is 1. The lowest BCUT2D eigenvalue weighted by atomic mass is 9.86. The summed E-state index contributed by atoms with van der Waals surface area (Å²) in [5, 5.41) is 4.16. The Balaban J connectivity index is 1.39. The molecule has 1 atom stereocenters. The lowest BCUT2D eigenvalue weighted by Gasteiger charge is -2.36. The van der Waals surface area contributed by atoms with E-state index in [1.165, 1.54) is 24.1 Å². The highest BCUT2D eigenvalue weighted by Gasteiger charge is 2.30. The van der Waals surface area contributed by atoms with Gasteiger partial charge in [-0.3, -0.25) is 4.79 Å². The number of likely N-dealkylation sites (tertiary alicyclic amines) is 1. The minimum Gasteiger partial charge on any atom is -0.342 e. The van der Waals surface area contributed by atoms with Gasteiger partial charge in [-0.2, -0.15) is 0 Å². The molecule has 2 aromatic heterocycles. The summed E-state index contributed by atoms with van der Waals surface area (Å²) in [6.07, 6.45) is 10.9. The number of aryl methyl sites for hydroxylation is 2. The standard InChI is InChI=1S/C22H31N5OS/c1-15-13-23-22(29-15)26-20-12-19(24-16(2)25-20)11-17-7-6-10-27(14-17)21(28)18-8-4-3-5-9-18/h12-13,17-18H,3-11,14H2,1-2H3,(H,23,24,25,26). The molecule has 1 aliphatic heterocycles. The lowest BCUT2D eigenvalue weighted by molar-refractivity contribution is -0.138. The first-order chi connectivity index (χ1) is 14.1. The third kappa shape index (κ3) is 5.32. The van der Waals surface area contributed by atoms with E-state index in [9.17, 15) is 4.79 Å². The molecule has 0 radical (unpaired) electrons. The van der Waals surface area contributed by atoms with E-state index in [4.69, 9.17) is 0 Å². The van der Waals surface area contributed by atoms with Crippen LogP contribution in [0, 0.1) is 25.7 Å². The van der Waals surface area contributed by atoms with Crippen LogP contribution in [0.4, 0.5) is 10.9 Å². The normalized spacial score (nSPS) is 20.6. The van der Waals surface area contributed by atoms with Crippen molar-refractivity contribution in [3.63, 3.8) is 0 Å². The van der Waals surface area contributed by atoms with Gasteiger partial charge in [0.2, 0.25) is 5.91 Å². The molecule has 6 nitrogen and oxygen atoms in total. The van der Waals surface area contributed by atoms with Crippen LogP contribution in [0.5, 0.6) is 0 Å². The zero-order chi connectivity index (χ0) is 20.2. The Morgan fingerprint density at radius 2 is 2.00 bits per heavy atom. The Morgan fingerprint density at radius 1 is 1.17 bits per heavy atom. The molecule has 2 fully saturated rings. The highest BCUT2D eigenvalue weighted by atomic mass is 32.1. The van der Waals surface area contributed by atoms with Gasteiger partial charge in [0.05, 0.1) is 0 Å². The molecule has 1 saturated heterocycles. The first-order valence-electron chi connectivity index (χ1n) is 10.9. The average Bonchev–Trinajstić information content (AvgIpc) is 3.12. The van der Waals surface area contributed by atoms with Gasteiger partial charge in [0, 0.05) is 41.8 Å². The maximum absolute atomic E-state index is 12.9. The molecule has 1 saturated carbocycles. The van der Waals surface area contributed by atoms with Crippen LogP contribution >= 0.6 is 11.3 Å². The van der Waals surface area contributed by atoms with Crippen molar-refractivity contribution < 1.29 is 4.79 Å². The molecular weight excluding hydrogens is 382 g/mol. The van der Waals surface area contributed by atoms with E-state index in [-0.39, 0.29) is 5.92 Å². The average molecular weight is 414 g/mol. The summed E-state index contributed by atoms with van der Waals surface area (Å²) in [7, 11) is 0. The largest absolute Gasteiger partial charge is 0.342 e. The van der Waals surface area contributed by atoms with Crippen LogP contribution in [0.1, 0.15) is 61.3 Å². The predicted molar refractivity (Wildman–Crippen MR) is 116 cm³/mol. The Kier molecular flexibility index (Phi) is 6.43. The maximum Gasteiger partial charge on any atom is 0.225 e. The van der Waals surface area contributed by atoms with Crippen LogP contribution in [-0.2, 0) is 11.2 Å². The molecule has 0 aromatic carbocycles. The quantitative estimate of drug-likeness (QED) is 0.772. The number of aromatic nitrogens is 3. The molecule has 1 N–H and O–H groups in total. The number of amides is 1. The summed E-state index contributed by atoms with van der Waals surface area (Å²) in [5.41, 5.74) is 1.05. The molecule has 7 heteroatoms. The predicted octanol–water partition coefficient (Wildman–Crippen LogP) is 4.65. The Hall–Kier alpha value is -2.02. The van der Waals surface area contributed by atoms with Crippen LogP contribution < -0.4 is 5.32 Å². The van der Waals surface area contributed by atoms with Crippen LogP contribution in [-0.4, -0.2) is 38.8 Å². The van der Waals surface area contributed by atoms with Gasteiger partial charge in [0.15, 0.2) is 5.13 Å². The molecule has 29 heavy (non-hydrogen) atoms. The molecule has 4 rings (SSSR count). The van der Waals surface area contributed by atoms with E-state index < -0.39 is 0 Å². The van der Waals surface area contributed by atoms with Gasteiger partial charge in [0.25, 0.3) is 0 Å². The second kappa shape index (κ2) is 9.20. The SMILES string of the molecule is Cc1nc(CC2CCCN(C(=O)C3CCCCC3)C2)cc(Nc2ncc(C)s2)n1. The number of carbonyl (C=O) groups excluding carboxylic acids is 1. The molecule has 3 heterocycles. The number of carbonyl (C=O) groups is 1. The van der Waals surface area contributed by atoms with Crippen molar-refractivity contribution in [1.82, 2.24) is 19.9 Å². The molecular formula is C22H31N5OS. The first kappa shape index (κ1) is 20.3. The first-order valence-corrected chi connectivity index (χ1v) is 11.7. The molecule has 156 valence electrons. The fraction of sp³-hybridized carbons (Fsp3) is 0.636. The summed E-state index contributed by atoms with van der Waals surface area (Å²) in [6, 6.07) is 2.03. The lowest BCUT2D eigenvalue weighted by Crippen LogP contribution is -2.44. The zero-order valence-electron chi connectivity index (χ0n) is 17.5. The van der Waals surface area contributed by atoms with Crippen molar-refractivity contribution in [1.29, 1.82) is 0 Å². The Morgan fingerprint density at radius 3 is 2.76 bits per heavy atom. The van der Waals surface area contributed by atoms with Gasteiger partial charge < -0.3 is 10.2 Å². The molecule has 1 amide bonds. The highest BCUT2D eigenvalue weighted by molar-refractivity contribution is 7.15. The number of nitrogens with one attached hydrogen (secondary N) is 1. The molecule has 1 aliphatic carbocycles. The summed E-state index contributed by atoms with van der Waals surface area (Å²) in [6.45, 7) is 5.77. The molecule has 2 aliphatic rings. The van der Waals surface area contributed by atoms with E-state index in [2.05, 4.69) is 25.2 Å². The summed E-state index contributed by atoms with van der Waals surface area (Å²) in [5.74, 6) is 2.70. The van der Waals surface area contributed by atoms with E-state index in [0.29, 0.717) is 11.8 Å². The third-order valence-corrected chi connectivity index (χ3v) is 6.86. The zero-order valence-corrected chi connectivity index (χ0v) is 18.3. The molecule has 0 bridgehead atoms. The topological polar surface area (TPSA) is 71.0 Å². The van der Waals surface area contributed by atoms with Crippen LogP contribution in [0.15, 0.2) is 12.3 Å². The molecule has 0 spiro atoms. The van der Waals surface area contributed by atoms with Crippen LogP contribution in [0.2, 0.25) is 0 Å². The van der Waals surface area contributed by atoms with E-state index in [0.717, 1.165) is 67.7 Å². The minimum atomic E-state index is 0.265. The Bertz CT molecular complexity index is 845. The fourth-order valence-corrected chi connectivity index (χ4v) is 5.33. The maximum atomic E-state index is 12.9. The fourth-order valence-electron chi connectivity index (χ4n) is 4.66. The van der Waals surface area contributed by atoms with E-state index >= 15 is 0 Å². The monoisotopic (exact) mass is 413 g/mol. The van der Waals surface area contributed by atoms with Crippen molar-refractivity contribution in [2.24, 2.45) is 11.8 Å². The van der Waals surface area contributed by atoms with Crippen LogP contribution in [0.3, 0.4) is 0 Å². The van der Waals surface area contributed by atoms with Crippen molar-refractivity contribution in [2.45, 2.75) is 65.2 Å².